The molecule has 1 saturated heterocycles. The lowest BCUT2D eigenvalue weighted by atomic mass is 9.97. The molecule has 0 spiro atoms. The zero-order chi connectivity index (χ0) is 13.8. The molecule has 1 N–H and O–H groups in total. The second-order valence-electron chi connectivity index (χ2n) is 4.64. The first-order chi connectivity index (χ1) is 9.10. The summed E-state index contributed by atoms with van der Waals surface area (Å²) in [5, 5.41) is 8.99. The molecule has 0 saturated carbocycles. The molecule has 0 radical (unpaired) electrons. The Morgan fingerprint density at radius 2 is 2.16 bits per heavy atom. The summed E-state index contributed by atoms with van der Waals surface area (Å²) in [4.78, 5) is 21.6. The fourth-order valence-electron chi connectivity index (χ4n) is 2.26. The molecule has 1 aromatic heterocycles. The molecule has 0 amide bonds. The van der Waals surface area contributed by atoms with Crippen molar-refractivity contribution in [2.24, 2.45) is 5.92 Å². The van der Waals surface area contributed by atoms with Gasteiger partial charge in [0.2, 0.25) is 5.88 Å². The number of nitrogens with zero attached hydrogens (tertiary/aromatic N) is 3. The molecule has 1 fully saturated rings. The van der Waals surface area contributed by atoms with Crippen LogP contribution in [0.25, 0.3) is 0 Å². The highest BCUT2D eigenvalue weighted by molar-refractivity contribution is 5.70. The van der Waals surface area contributed by atoms with E-state index >= 15 is 0 Å². The van der Waals surface area contributed by atoms with E-state index in [4.69, 9.17) is 9.84 Å². The third kappa shape index (κ3) is 3.33. The van der Waals surface area contributed by atoms with Crippen molar-refractivity contribution >= 4 is 11.8 Å². The highest BCUT2D eigenvalue weighted by Crippen LogP contribution is 2.24. The van der Waals surface area contributed by atoms with Crippen LogP contribution in [-0.4, -0.2) is 40.7 Å². The highest BCUT2D eigenvalue weighted by Gasteiger charge is 2.25. The predicted octanol–water partition coefficient (Wildman–Crippen LogP) is 1.48. The van der Waals surface area contributed by atoms with Gasteiger partial charge in [0.25, 0.3) is 0 Å². The molecule has 2 heterocycles. The van der Waals surface area contributed by atoms with E-state index in [9.17, 15) is 4.79 Å². The number of piperidine rings is 1. The molecule has 0 atom stereocenters. The molecule has 0 bridgehead atoms. The molecule has 6 nitrogen and oxygen atoms in total. The Bertz CT molecular complexity index is 456. The Hall–Kier alpha value is -1.85. The van der Waals surface area contributed by atoms with E-state index in [2.05, 4.69) is 14.9 Å². The molecule has 0 aliphatic carbocycles. The van der Waals surface area contributed by atoms with Crippen LogP contribution in [0.3, 0.4) is 0 Å². The number of hydrogen-bond donors (Lipinski definition) is 1. The van der Waals surface area contributed by atoms with Crippen molar-refractivity contribution in [1.82, 2.24) is 9.97 Å². The molecule has 0 aromatic carbocycles. The van der Waals surface area contributed by atoms with Crippen molar-refractivity contribution in [3.8, 4) is 5.88 Å². The molecule has 6 heteroatoms. The first-order valence-electron chi connectivity index (χ1n) is 6.56. The van der Waals surface area contributed by atoms with Gasteiger partial charge in [-0.15, -0.1) is 0 Å². The van der Waals surface area contributed by atoms with Crippen LogP contribution in [0.2, 0.25) is 0 Å². The number of rotatable bonds is 4. The molecule has 1 aromatic rings. The zero-order valence-corrected chi connectivity index (χ0v) is 11.3. The number of hydrogen-bond acceptors (Lipinski definition) is 5. The minimum Gasteiger partial charge on any atom is -0.481 e. The van der Waals surface area contributed by atoms with Gasteiger partial charge in [-0.2, -0.15) is 4.98 Å². The number of aliphatic carboxylic acids is 1. The quantitative estimate of drug-likeness (QED) is 0.888. The molecule has 104 valence electrons. The average molecular weight is 265 g/mol. The van der Waals surface area contributed by atoms with Gasteiger partial charge in [0.15, 0.2) is 0 Å². The van der Waals surface area contributed by atoms with Crippen LogP contribution in [0, 0.1) is 12.8 Å². The van der Waals surface area contributed by atoms with Crippen LogP contribution >= 0.6 is 0 Å². The van der Waals surface area contributed by atoms with Gasteiger partial charge < -0.3 is 14.7 Å². The number of anilines is 1. The van der Waals surface area contributed by atoms with Crippen LogP contribution in [0.4, 0.5) is 5.82 Å². The smallest absolute Gasteiger partial charge is 0.306 e. The minimum absolute atomic E-state index is 0.231. The van der Waals surface area contributed by atoms with E-state index in [1.165, 1.54) is 0 Å². The second-order valence-corrected chi connectivity index (χ2v) is 4.64. The van der Waals surface area contributed by atoms with E-state index in [1.54, 1.807) is 0 Å². The Kier molecular flexibility index (Phi) is 4.19. The fraction of sp³-hybridized carbons (Fsp3) is 0.615. The van der Waals surface area contributed by atoms with Crippen molar-refractivity contribution in [3.63, 3.8) is 0 Å². The third-order valence-electron chi connectivity index (χ3n) is 3.26. The molecular formula is C13H19N3O3. The molecule has 2 rings (SSSR count). The Labute approximate surface area is 112 Å². The summed E-state index contributed by atoms with van der Waals surface area (Å²) in [6, 6.07) is 1.82. The van der Waals surface area contributed by atoms with Crippen LogP contribution in [0.5, 0.6) is 5.88 Å². The summed E-state index contributed by atoms with van der Waals surface area (Å²) in [5.41, 5.74) is 0. The minimum atomic E-state index is -0.700. The number of aromatic nitrogens is 2. The van der Waals surface area contributed by atoms with Crippen LogP contribution in [-0.2, 0) is 4.79 Å². The summed E-state index contributed by atoms with van der Waals surface area (Å²) >= 11 is 0. The van der Waals surface area contributed by atoms with Crippen molar-refractivity contribution < 1.29 is 14.6 Å². The maximum atomic E-state index is 10.9. The van der Waals surface area contributed by atoms with E-state index in [-0.39, 0.29) is 5.92 Å². The van der Waals surface area contributed by atoms with Gasteiger partial charge >= 0.3 is 5.97 Å². The monoisotopic (exact) mass is 265 g/mol. The van der Waals surface area contributed by atoms with Gasteiger partial charge in [0.05, 0.1) is 12.5 Å². The van der Waals surface area contributed by atoms with Gasteiger partial charge in [0, 0.05) is 19.2 Å². The van der Waals surface area contributed by atoms with Crippen molar-refractivity contribution in [2.45, 2.75) is 26.7 Å². The van der Waals surface area contributed by atoms with Gasteiger partial charge in [-0.1, -0.05) is 0 Å². The van der Waals surface area contributed by atoms with Gasteiger partial charge in [0.1, 0.15) is 11.6 Å². The SMILES string of the molecule is CCOc1cc(N2CCC(C(=O)O)CC2)nc(C)n1. The van der Waals surface area contributed by atoms with Gasteiger partial charge in [-0.25, -0.2) is 4.98 Å². The van der Waals surface area contributed by atoms with Gasteiger partial charge in [-0.3, -0.25) is 4.79 Å². The number of aryl methyl sites for hydroxylation is 1. The normalized spacial score (nSPS) is 16.4. The number of carboxylic acid groups (broad SMARTS) is 1. The largest absolute Gasteiger partial charge is 0.481 e. The fourth-order valence-corrected chi connectivity index (χ4v) is 2.26. The highest BCUT2D eigenvalue weighted by atomic mass is 16.5. The molecule has 1 aliphatic heterocycles. The van der Waals surface area contributed by atoms with E-state index in [0.717, 1.165) is 5.82 Å². The number of ether oxygens (including phenoxy) is 1. The first kappa shape index (κ1) is 13.6. The Morgan fingerprint density at radius 1 is 1.47 bits per heavy atom. The first-order valence-corrected chi connectivity index (χ1v) is 6.56. The van der Waals surface area contributed by atoms with Crippen molar-refractivity contribution in [3.05, 3.63) is 11.9 Å². The Morgan fingerprint density at radius 3 is 2.74 bits per heavy atom. The predicted molar refractivity (Wildman–Crippen MR) is 70.5 cm³/mol. The summed E-state index contributed by atoms with van der Waals surface area (Å²) in [6.07, 6.45) is 1.31. The summed E-state index contributed by atoms with van der Waals surface area (Å²) in [5.74, 6) is 1.13. The van der Waals surface area contributed by atoms with Crippen LogP contribution in [0.15, 0.2) is 6.07 Å². The number of carboxylic acids is 1. The molecule has 0 unspecified atom stereocenters. The maximum Gasteiger partial charge on any atom is 0.306 e. The second kappa shape index (κ2) is 5.86. The van der Waals surface area contributed by atoms with Crippen LogP contribution in [0.1, 0.15) is 25.6 Å². The van der Waals surface area contributed by atoms with E-state index in [1.807, 2.05) is 19.9 Å². The lowest BCUT2D eigenvalue weighted by Gasteiger charge is -2.31. The summed E-state index contributed by atoms with van der Waals surface area (Å²) in [6.45, 7) is 5.72. The summed E-state index contributed by atoms with van der Waals surface area (Å²) < 4.78 is 5.41. The summed E-state index contributed by atoms with van der Waals surface area (Å²) in [7, 11) is 0. The van der Waals surface area contributed by atoms with E-state index < -0.39 is 5.97 Å². The lowest BCUT2D eigenvalue weighted by Crippen LogP contribution is -2.36. The van der Waals surface area contributed by atoms with Crippen molar-refractivity contribution in [1.29, 1.82) is 0 Å². The Balaban J connectivity index is 2.08. The number of carbonyl (C=O) groups is 1. The molecule has 1 aliphatic rings. The lowest BCUT2D eigenvalue weighted by molar-refractivity contribution is -0.142. The van der Waals surface area contributed by atoms with Crippen molar-refractivity contribution in [2.75, 3.05) is 24.6 Å². The van der Waals surface area contributed by atoms with E-state index in [0.29, 0.717) is 44.2 Å². The topological polar surface area (TPSA) is 75.5 Å². The third-order valence-corrected chi connectivity index (χ3v) is 3.26. The zero-order valence-electron chi connectivity index (χ0n) is 11.3. The van der Waals surface area contributed by atoms with Crippen LogP contribution < -0.4 is 9.64 Å². The van der Waals surface area contributed by atoms with Gasteiger partial charge in [-0.05, 0) is 26.7 Å². The molecule has 19 heavy (non-hydrogen) atoms. The average Bonchev–Trinajstić information content (AvgIpc) is 2.38. The maximum absolute atomic E-state index is 10.9. The molecular weight excluding hydrogens is 246 g/mol. The standard InChI is InChI=1S/C13H19N3O3/c1-3-19-12-8-11(14-9(2)15-12)16-6-4-10(5-7-16)13(17)18/h8,10H,3-7H2,1-2H3,(H,17,18).